The zero-order valence-corrected chi connectivity index (χ0v) is 12.9. The molecule has 1 heterocycles. The molecule has 21 heavy (non-hydrogen) atoms. The summed E-state index contributed by atoms with van der Waals surface area (Å²) < 4.78 is 13.2. The Labute approximate surface area is 124 Å². The van der Waals surface area contributed by atoms with Crippen LogP contribution in [0.3, 0.4) is 0 Å². The number of carbonyl (C=O) groups is 2. The normalized spacial score (nSPS) is 26.0. The van der Waals surface area contributed by atoms with Gasteiger partial charge in [0.1, 0.15) is 17.4 Å². The van der Waals surface area contributed by atoms with Gasteiger partial charge < -0.3 is 10.2 Å². The summed E-state index contributed by atoms with van der Waals surface area (Å²) in [5.41, 5.74) is 0.760. The molecule has 0 aromatic heterocycles. The van der Waals surface area contributed by atoms with E-state index >= 15 is 0 Å². The molecule has 2 rings (SSSR count). The third kappa shape index (κ3) is 2.64. The van der Waals surface area contributed by atoms with Gasteiger partial charge in [-0.15, -0.1) is 0 Å². The second kappa shape index (κ2) is 5.47. The molecule has 1 N–H and O–H groups in total. The van der Waals surface area contributed by atoms with Crippen LogP contribution in [0, 0.1) is 12.7 Å². The number of carbonyl (C=O) groups excluding carboxylic acids is 2. The molecule has 2 unspecified atom stereocenters. The Bertz CT molecular complexity index is 588. The van der Waals surface area contributed by atoms with Crippen molar-refractivity contribution in [2.75, 3.05) is 0 Å². The van der Waals surface area contributed by atoms with E-state index < -0.39 is 11.6 Å². The molecule has 1 aromatic rings. The van der Waals surface area contributed by atoms with Gasteiger partial charge in [-0.2, -0.15) is 0 Å². The van der Waals surface area contributed by atoms with Gasteiger partial charge in [0.05, 0.1) is 0 Å². The van der Waals surface area contributed by atoms with Crippen LogP contribution in [0.25, 0.3) is 0 Å². The Morgan fingerprint density at radius 1 is 1.38 bits per heavy atom. The molecule has 2 atom stereocenters. The van der Waals surface area contributed by atoms with E-state index in [1.807, 2.05) is 6.92 Å². The van der Waals surface area contributed by atoms with Crippen LogP contribution in [0.5, 0.6) is 0 Å². The Kier molecular flexibility index (Phi) is 4.03. The number of nitrogens with one attached hydrogen (secondary N) is 1. The van der Waals surface area contributed by atoms with Crippen LogP contribution < -0.4 is 5.32 Å². The van der Waals surface area contributed by atoms with Crippen LogP contribution >= 0.6 is 0 Å². The number of halogens is 1. The lowest BCUT2D eigenvalue weighted by Gasteiger charge is -2.45. The maximum atomic E-state index is 13.2. The van der Waals surface area contributed by atoms with Crippen molar-refractivity contribution in [3.63, 3.8) is 0 Å². The van der Waals surface area contributed by atoms with Crippen LogP contribution in [-0.2, 0) is 16.1 Å². The van der Waals surface area contributed by atoms with E-state index in [1.54, 1.807) is 31.7 Å². The topological polar surface area (TPSA) is 49.4 Å². The second-order valence-corrected chi connectivity index (χ2v) is 5.82. The SMILES string of the molecule is CCC1(C)C(=O)NC(C)C(=O)N1Cc1ccc(F)cc1C. The average Bonchev–Trinajstić information content (AvgIpc) is 2.43. The van der Waals surface area contributed by atoms with Crippen LogP contribution in [0.1, 0.15) is 38.3 Å². The van der Waals surface area contributed by atoms with Crippen molar-refractivity contribution in [1.29, 1.82) is 0 Å². The lowest BCUT2D eigenvalue weighted by atomic mass is 9.90. The minimum Gasteiger partial charge on any atom is -0.343 e. The fourth-order valence-corrected chi connectivity index (χ4v) is 2.62. The Morgan fingerprint density at radius 2 is 2.05 bits per heavy atom. The Hall–Kier alpha value is -1.91. The molecule has 0 saturated carbocycles. The Balaban J connectivity index is 2.37. The van der Waals surface area contributed by atoms with Gasteiger partial charge in [-0.3, -0.25) is 9.59 Å². The van der Waals surface area contributed by atoms with E-state index in [1.165, 1.54) is 12.1 Å². The van der Waals surface area contributed by atoms with Crippen molar-refractivity contribution >= 4 is 11.8 Å². The molecular formula is C16H21FN2O2. The van der Waals surface area contributed by atoms with Gasteiger partial charge in [0.25, 0.3) is 0 Å². The van der Waals surface area contributed by atoms with Crippen molar-refractivity contribution < 1.29 is 14.0 Å². The number of hydrogen-bond donors (Lipinski definition) is 1. The van der Waals surface area contributed by atoms with Gasteiger partial charge in [-0.05, 0) is 50.5 Å². The zero-order chi connectivity index (χ0) is 15.8. The molecule has 5 heteroatoms. The molecule has 1 saturated heterocycles. The van der Waals surface area contributed by atoms with Gasteiger partial charge in [-0.1, -0.05) is 13.0 Å². The minimum atomic E-state index is -0.871. The molecule has 0 radical (unpaired) electrons. The molecule has 2 amide bonds. The molecule has 0 spiro atoms. The molecule has 0 bridgehead atoms. The molecule has 114 valence electrons. The first kappa shape index (κ1) is 15.5. The van der Waals surface area contributed by atoms with Crippen molar-refractivity contribution in [3.05, 3.63) is 35.1 Å². The average molecular weight is 292 g/mol. The van der Waals surface area contributed by atoms with Gasteiger partial charge in [0, 0.05) is 6.54 Å². The summed E-state index contributed by atoms with van der Waals surface area (Å²) in [7, 11) is 0. The summed E-state index contributed by atoms with van der Waals surface area (Å²) in [6, 6.07) is 3.96. The van der Waals surface area contributed by atoms with Crippen molar-refractivity contribution in [1.82, 2.24) is 10.2 Å². The number of amides is 2. The monoisotopic (exact) mass is 292 g/mol. The maximum Gasteiger partial charge on any atom is 0.246 e. The number of piperazine rings is 1. The van der Waals surface area contributed by atoms with E-state index in [0.717, 1.165) is 11.1 Å². The highest BCUT2D eigenvalue weighted by molar-refractivity contribution is 5.99. The van der Waals surface area contributed by atoms with Gasteiger partial charge in [-0.25, -0.2) is 4.39 Å². The van der Waals surface area contributed by atoms with E-state index in [2.05, 4.69) is 5.32 Å². The fraction of sp³-hybridized carbons (Fsp3) is 0.500. The standard InChI is InChI=1S/C16H21FN2O2/c1-5-16(4)15(21)18-11(3)14(20)19(16)9-12-6-7-13(17)8-10(12)2/h6-8,11H,5,9H2,1-4H3,(H,18,21). The summed E-state index contributed by atoms with van der Waals surface area (Å²) in [6.45, 7) is 7.45. The maximum absolute atomic E-state index is 13.2. The zero-order valence-electron chi connectivity index (χ0n) is 12.9. The predicted octanol–water partition coefficient (Wildman–Crippen LogP) is 2.15. The first-order valence-corrected chi connectivity index (χ1v) is 7.17. The van der Waals surface area contributed by atoms with E-state index in [9.17, 15) is 14.0 Å². The predicted molar refractivity (Wildman–Crippen MR) is 78.0 cm³/mol. The van der Waals surface area contributed by atoms with Crippen LogP contribution in [0.15, 0.2) is 18.2 Å². The number of hydrogen-bond acceptors (Lipinski definition) is 2. The summed E-state index contributed by atoms with van der Waals surface area (Å²) in [5, 5.41) is 2.72. The first-order valence-electron chi connectivity index (χ1n) is 7.17. The largest absolute Gasteiger partial charge is 0.343 e. The lowest BCUT2D eigenvalue weighted by molar-refractivity contribution is -0.157. The number of benzene rings is 1. The van der Waals surface area contributed by atoms with Crippen LogP contribution in [0.2, 0.25) is 0 Å². The van der Waals surface area contributed by atoms with Gasteiger partial charge in [0.2, 0.25) is 11.8 Å². The smallest absolute Gasteiger partial charge is 0.246 e. The summed E-state index contributed by atoms with van der Waals surface area (Å²) in [4.78, 5) is 26.4. The molecule has 1 aliphatic heterocycles. The summed E-state index contributed by atoms with van der Waals surface area (Å²) >= 11 is 0. The third-order valence-electron chi connectivity index (χ3n) is 4.39. The molecule has 4 nitrogen and oxygen atoms in total. The van der Waals surface area contributed by atoms with E-state index in [-0.39, 0.29) is 17.6 Å². The molecule has 1 aliphatic rings. The van der Waals surface area contributed by atoms with E-state index in [4.69, 9.17) is 0 Å². The minimum absolute atomic E-state index is 0.109. The van der Waals surface area contributed by atoms with Crippen LogP contribution in [-0.4, -0.2) is 28.3 Å². The molecule has 1 fully saturated rings. The summed E-state index contributed by atoms with van der Waals surface area (Å²) in [6.07, 6.45) is 0.525. The highest BCUT2D eigenvalue weighted by Gasteiger charge is 2.46. The lowest BCUT2D eigenvalue weighted by Crippen LogP contribution is -2.68. The third-order valence-corrected chi connectivity index (χ3v) is 4.39. The molecule has 1 aromatic carbocycles. The van der Waals surface area contributed by atoms with Crippen molar-refractivity contribution in [2.45, 2.75) is 52.2 Å². The summed E-state index contributed by atoms with van der Waals surface area (Å²) in [5.74, 6) is -0.551. The second-order valence-electron chi connectivity index (χ2n) is 5.82. The van der Waals surface area contributed by atoms with Crippen molar-refractivity contribution in [3.8, 4) is 0 Å². The molecular weight excluding hydrogens is 271 g/mol. The molecule has 0 aliphatic carbocycles. The first-order chi connectivity index (χ1) is 9.79. The van der Waals surface area contributed by atoms with Gasteiger partial charge in [0.15, 0.2) is 0 Å². The number of aryl methyl sites for hydroxylation is 1. The van der Waals surface area contributed by atoms with E-state index in [0.29, 0.717) is 13.0 Å². The van der Waals surface area contributed by atoms with Crippen LogP contribution in [0.4, 0.5) is 4.39 Å². The van der Waals surface area contributed by atoms with Gasteiger partial charge >= 0.3 is 0 Å². The quantitative estimate of drug-likeness (QED) is 0.928. The fourth-order valence-electron chi connectivity index (χ4n) is 2.62. The van der Waals surface area contributed by atoms with Crippen molar-refractivity contribution in [2.24, 2.45) is 0 Å². The highest BCUT2D eigenvalue weighted by Crippen LogP contribution is 2.28. The number of nitrogens with zero attached hydrogens (tertiary/aromatic N) is 1. The number of rotatable bonds is 3. The Morgan fingerprint density at radius 3 is 2.62 bits per heavy atom. The highest BCUT2D eigenvalue weighted by atomic mass is 19.1.